The van der Waals surface area contributed by atoms with E-state index in [1.54, 1.807) is 4.90 Å². The molecule has 1 aromatic rings. The first-order valence-corrected chi connectivity index (χ1v) is 6.43. The van der Waals surface area contributed by atoms with Crippen LogP contribution in [0.1, 0.15) is 12.8 Å². The number of amides is 1. The van der Waals surface area contributed by atoms with E-state index in [9.17, 15) is 14.9 Å². The molecule has 1 amide bonds. The van der Waals surface area contributed by atoms with Gasteiger partial charge in [0, 0.05) is 19.2 Å². The van der Waals surface area contributed by atoms with E-state index in [4.69, 9.17) is 21.1 Å². The second kappa shape index (κ2) is 6.42. The zero-order chi connectivity index (χ0) is 14.5. The maximum atomic E-state index is 11.6. The van der Waals surface area contributed by atoms with Crippen molar-refractivity contribution in [3.05, 3.63) is 33.3 Å². The predicted molar refractivity (Wildman–Crippen MR) is 70.9 cm³/mol. The largest absolute Gasteiger partial charge is 0.457 e. The number of ether oxygens (including phenoxy) is 2. The molecule has 0 aliphatic carbocycles. The van der Waals surface area contributed by atoms with Gasteiger partial charge in [-0.1, -0.05) is 11.6 Å². The quantitative estimate of drug-likeness (QED) is 0.485. The van der Waals surface area contributed by atoms with Crippen LogP contribution in [0.2, 0.25) is 5.02 Å². The first-order valence-electron chi connectivity index (χ1n) is 6.06. The van der Waals surface area contributed by atoms with Crippen LogP contribution in [-0.2, 0) is 4.74 Å². The van der Waals surface area contributed by atoms with Crippen molar-refractivity contribution < 1.29 is 19.2 Å². The lowest BCUT2D eigenvalue weighted by Crippen LogP contribution is -2.29. The summed E-state index contributed by atoms with van der Waals surface area (Å²) in [6.07, 6.45) is 1.49. The number of hydrogen-bond donors (Lipinski definition) is 0. The molecule has 0 saturated carbocycles. The summed E-state index contributed by atoms with van der Waals surface area (Å²) in [7, 11) is 0. The minimum Gasteiger partial charge on any atom is -0.457 e. The van der Waals surface area contributed by atoms with Crippen LogP contribution in [0.3, 0.4) is 0 Å². The molecule has 2 rings (SSSR count). The molecule has 1 heterocycles. The molecule has 0 N–H and O–H groups in total. The second-order valence-electron chi connectivity index (χ2n) is 4.27. The molecule has 0 spiro atoms. The van der Waals surface area contributed by atoms with Gasteiger partial charge in [0.05, 0.1) is 16.0 Å². The summed E-state index contributed by atoms with van der Waals surface area (Å²) in [6, 6.07) is 3.85. The molecule has 0 bridgehead atoms. The zero-order valence-corrected chi connectivity index (χ0v) is 11.3. The van der Waals surface area contributed by atoms with Gasteiger partial charge in [-0.3, -0.25) is 10.1 Å². The Kier molecular flexibility index (Phi) is 4.62. The first kappa shape index (κ1) is 14.4. The number of nitro benzene ring substituents is 1. The predicted octanol–water partition coefficient (Wildman–Crippen LogP) is 2.82. The third-order valence-corrected chi connectivity index (χ3v) is 3.06. The summed E-state index contributed by atoms with van der Waals surface area (Å²) < 4.78 is 10.1. The molecule has 1 saturated heterocycles. The van der Waals surface area contributed by atoms with E-state index in [0.29, 0.717) is 13.1 Å². The summed E-state index contributed by atoms with van der Waals surface area (Å²) in [6.45, 7) is 1.05. The van der Waals surface area contributed by atoms with Gasteiger partial charge >= 0.3 is 6.09 Å². The van der Waals surface area contributed by atoms with Crippen LogP contribution in [0.25, 0.3) is 0 Å². The molecule has 1 aliphatic heterocycles. The molecule has 0 aromatic heterocycles. The molecule has 8 heteroatoms. The smallest absolute Gasteiger partial charge is 0.412 e. The number of benzene rings is 1. The van der Waals surface area contributed by atoms with E-state index in [-0.39, 0.29) is 23.3 Å². The Hall–Kier alpha value is -2.02. The standard InChI is InChI=1S/C12H13ClN2O5/c13-9-5-10(15(17)18)7-11(6-9)19-8-20-12(16)14-3-1-2-4-14/h5-7H,1-4,8H2. The van der Waals surface area contributed by atoms with Crippen LogP contribution in [-0.4, -0.2) is 35.8 Å². The Morgan fingerprint density at radius 3 is 2.70 bits per heavy atom. The summed E-state index contributed by atoms with van der Waals surface area (Å²) in [5.41, 5.74) is -0.182. The number of non-ortho nitro benzene ring substituents is 1. The monoisotopic (exact) mass is 300 g/mol. The van der Waals surface area contributed by atoms with Crippen molar-refractivity contribution in [1.82, 2.24) is 4.90 Å². The van der Waals surface area contributed by atoms with Crippen molar-refractivity contribution >= 4 is 23.4 Å². The Balaban J connectivity index is 1.87. The van der Waals surface area contributed by atoms with Crippen molar-refractivity contribution in [2.45, 2.75) is 12.8 Å². The van der Waals surface area contributed by atoms with E-state index < -0.39 is 11.0 Å². The highest BCUT2D eigenvalue weighted by Crippen LogP contribution is 2.25. The lowest BCUT2D eigenvalue weighted by Gasteiger charge is -2.15. The van der Waals surface area contributed by atoms with Gasteiger partial charge in [0.25, 0.3) is 5.69 Å². The Morgan fingerprint density at radius 1 is 1.35 bits per heavy atom. The van der Waals surface area contributed by atoms with Crippen molar-refractivity contribution in [3.8, 4) is 5.75 Å². The van der Waals surface area contributed by atoms with Gasteiger partial charge in [0.15, 0.2) is 0 Å². The van der Waals surface area contributed by atoms with Gasteiger partial charge < -0.3 is 14.4 Å². The minimum absolute atomic E-state index is 0.179. The number of nitrogens with zero attached hydrogens (tertiary/aromatic N) is 2. The van der Waals surface area contributed by atoms with Crippen LogP contribution in [0.5, 0.6) is 5.75 Å². The molecular weight excluding hydrogens is 288 g/mol. The highest BCUT2D eigenvalue weighted by Gasteiger charge is 2.19. The molecule has 0 unspecified atom stereocenters. The fourth-order valence-electron chi connectivity index (χ4n) is 1.88. The summed E-state index contributed by atoms with van der Waals surface area (Å²) in [5.74, 6) is 0.179. The van der Waals surface area contributed by atoms with Gasteiger partial charge in [0.2, 0.25) is 6.79 Å². The number of rotatable bonds is 4. The van der Waals surface area contributed by atoms with Gasteiger partial charge in [-0.15, -0.1) is 0 Å². The molecular formula is C12H13ClN2O5. The first-order chi connectivity index (χ1) is 9.56. The summed E-state index contributed by atoms with van der Waals surface area (Å²) >= 11 is 5.74. The van der Waals surface area contributed by atoms with Crippen LogP contribution in [0, 0.1) is 10.1 Å². The van der Waals surface area contributed by atoms with E-state index >= 15 is 0 Å². The maximum absolute atomic E-state index is 11.6. The van der Waals surface area contributed by atoms with Gasteiger partial charge in [-0.05, 0) is 18.9 Å². The SMILES string of the molecule is O=C(OCOc1cc(Cl)cc([N+](=O)[O-])c1)N1CCCC1. The lowest BCUT2D eigenvalue weighted by molar-refractivity contribution is -0.384. The molecule has 1 aliphatic rings. The topological polar surface area (TPSA) is 81.9 Å². The van der Waals surface area contributed by atoms with Crippen LogP contribution in [0.4, 0.5) is 10.5 Å². The summed E-state index contributed by atoms with van der Waals surface area (Å²) in [5, 5.41) is 10.8. The molecule has 1 aromatic carbocycles. The Bertz CT molecular complexity index is 517. The summed E-state index contributed by atoms with van der Waals surface area (Å²) in [4.78, 5) is 23.2. The molecule has 0 atom stereocenters. The molecule has 20 heavy (non-hydrogen) atoms. The van der Waals surface area contributed by atoms with E-state index in [2.05, 4.69) is 0 Å². The fraction of sp³-hybridized carbons (Fsp3) is 0.417. The minimum atomic E-state index is -0.574. The number of nitro groups is 1. The molecule has 108 valence electrons. The van der Waals surface area contributed by atoms with Crippen molar-refractivity contribution in [1.29, 1.82) is 0 Å². The normalized spacial score (nSPS) is 14.2. The Morgan fingerprint density at radius 2 is 2.05 bits per heavy atom. The third kappa shape index (κ3) is 3.74. The van der Waals surface area contributed by atoms with Gasteiger partial charge in [-0.25, -0.2) is 4.79 Å². The fourth-order valence-corrected chi connectivity index (χ4v) is 2.09. The number of likely N-dealkylation sites (tertiary alicyclic amines) is 1. The molecule has 0 radical (unpaired) electrons. The van der Waals surface area contributed by atoms with Crippen molar-refractivity contribution in [2.75, 3.05) is 19.9 Å². The highest BCUT2D eigenvalue weighted by molar-refractivity contribution is 6.30. The van der Waals surface area contributed by atoms with Crippen LogP contribution < -0.4 is 4.74 Å². The zero-order valence-electron chi connectivity index (χ0n) is 10.6. The average molecular weight is 301 g/mol. The van der Waals surface area contributed by atoms with Gasteiger partial charge in [0.1, 0.15) is 5.75 Å². The maximum Gasteiger partial charge on any atom is 0.412 e. The van der Waals surface area contributed by atoms with Crippen LogP contribution in [0.15, 0.2) is 18.2 Å². The average Bonchev–Trinajstić information content (AvgIpc) is 2.91. The van der Waals surface area contributed by atoms with Crippen molar-refractivity contribution in [2.24, 2.45) is 0 Å². The highest BCUT2D eigenvalue weighted by atomic mass is 35.5. The second-order valence-corrected chi connectivity index (χ2v) is 4.71. The van der Waals surface area contributed by atoms with E-state index in [0.717, 1.165) is 12.8 Å². The van der Waals surface area contributed by atoms with Crippen LogP contribution >= 0.6 is 11.6 Å². The lowest BCUT2D eigenvalue weighted by atomic mass is 10.3. The van der Waals surface area contributed by atoms with Gasteiger partial charge in [-0.2, -0.15) is 0 Å². The van der Waals surface area contributed by atoms with E-state index in [1.807, 2.05) is 0 Å². The number of halogens is 1. The number of carbonyl (C=O) groups excluding carboxylic acids is 1. The number of carbonyl (C=O) groups is 1. The Labute approximate surface area is 120 Å². The molecule has 1 fully saturated rings. The third-order valence-electron chi connectivity index (χ3n) is 2.84. The van der Waals surface area contributed by atoms with E-state index in [1.165, 1.54) is 18.2 Å². The molecule has 7 nitrogen and oxygen atoms in total. The van der Waals surface area contributed by atoms with Crippen molar-refractivity contribution in [3.63, 3.8) is 0 Å². The number of hydrogen-bond acceptors (Lipinski definition) is 5.